The van der Waals surface area contributed by atoms with E-state index in [1.54, 1.807) is 63.4 Å². The predicted molar refractivity (Wildman–Crippen MR) is 143 cm³/mol. The highest BCUT2D eigenvalue weighted by Crippen LogP contribution is 2.37. The molecule has 2 heterocycles. The molecular weight excluding hydrogens is 499 g/mol. The summed E-state index contributed by atoms with van der Waals surface area (Å²) >= 11 is 12.6. The molecule has 8 heteroatoms. The van der Waals surface area contributed by atoms with Gasteiger partial charge >= 0.3 is 5.97 Å². The van der Waals surface area contributed by atoms with Crippen LogP contribution in [0.2, 0.25) is 10.0 Å². The lowest BCUT2D eigenvalue weighted by atomic mass is 10.0. The van der Waals surface area contributed by atoms with Crippen LogP contribution in [-0.2, 0) is 14.3 Å². The van der Waals surface area contributed by atoms with Gasteiger partial charge in [-0.25, -0.2) is 4.79 Å². The van der Waals surface area contributed by atoms with Crippen LogP contribution in [0.5, 0.6) is 5.75 Å². The maximum Gasteiger partial charge on any atom is 0.340 e. The van der Waals surface area contributed by atoms with Crippen LogP contribution in [0.3, 0.4) is 0 Å². The summed E-state index contributed by atoms with van der Waals surface area (Å²) in [6.07, 6.45) is 1.74. The van der Waals surface area contributed by atoms with Gasteiger partial charge in [-0.2, -0.15) is 0 Å². The number of amides is 1. The highest BCUT2D eigenvalue weighted by Gasteiger charge is 2.38. The molecule has 1 aliphatic rings. The number of aromatic nitrogens is 1. The Kier molecular flexibility index (Phi) is 7.29. The number of hydrogen-bond acceptors (Lipinski definition) is 4. The first-order valence-electron chi connectivity index (χ1n) is 11.4. The number of carbonyl (C=O) groups excluding carboxylic acids is 2. The van der Waals surface area contributed by atoms with Gasteiger partial charge in [0.15, 0.2) is 0 Å². The number of rotatable bonds is 6. The lowest BCUT2D eigenvalue weighted by Gasteiger charge is -2.18. The molecule has 0 aliphatic carbocycles. The smallest absolute Gasteiger partial charge is 0.340 e. The van der Waals surface area contributed by atoms with E-state index in [0.717, 1.165) is 22.6 Å². The van der Waals surface area contributed by atoms with Gasteiger partial charge < -0.3 is 14.0 Å². The zero-order valence-corrected chi connectivity index (χ0v) is 22.2. The third-order valence-corrected chi connectivity index (χ3v) is 6.67. The van der Waals surface area contributed by atoms with E-state index >= 15 is 0 Å². The second-order valence-electron chi connectivity index (χ2n) is 8.34. The number of benzene rings is 2. The van der Waals surface area contributed by atoms with Crippen molar-refractivity contribution in [1.82, 2.24) is 4.57 Å². The molecule has 0 saturated carbocycles. The van der Waals surface area contributed by atoms with Crippen molar-refractivity contribution < 1.29 is 19.1 Å². The first-order chi connectivity index (χ1) is 17.2. The summed E-state index contributed by atoms with van der Waals surface area (Å²) in [6, 6.07) is 14.4. The summed E-state index contributed by atoms with van der Waals surface area (Å²) in [6.45, 7) is 7.56. The standard InChI is InChI=1S/C28H26Cl2N2O4/c1-6-36-28(34)26-18(4)32(21-8-10-22(35-5)11-9-21)27(33)23(26)14-19-13-16(2)31(17(19)3)25-12-7-20(29)15-24(25)30/h7-15H,6H2,1-5H3/b23-14-. The van der Waals surface area contributed by atoms with Crippen LogP contribution in [0.1, 0.15) is 30.8 Å². The SMILES string of the molecule is CCOC(=O)C1=C(C)N(c2ccc(OC)cc2)C(=O)/C1=C\c1cc(C)n(-c2ccc(Cl)cc2Cl)c1C. The van der Waals surface area contributed by atoms with E-state index in [2.05, 4.69) is 0 Å². The number of anilines is 1. The minimum Gasteiger partial charge on any atom is -0.497 e. The average molecular weight is 525 g/mol. The van der Waals surface area contributed by atoms with Crippen molar-refractivity contribution in [2.75, 3.05) is 18.6 Å². The number of methoxy groups -OCH3 is 1. The minimum atomic E-state index is -0.542. The fourth-order valence-electron chi connectivity index (χ4n) is 4.45. The Morgan fingerprint density at radius 3 is 2.33 bits per heavy atom. The van der Waals surface area contributed by atoms with Crippen molar-refractivity contribution in [2.24, 2.45) is 0 Å². The topological polar surface area (TPSA) is 60.8 Å². The van der Waals surface area contributed by atoms with Crippen molar-refractivity contribution in [3.8, 4) is 11.4 Å². The van der Waals surface area contributed by atoms with Crippen molar-refractivity contribution in [3.63, 3.8) is 0 Å². The van der Waals surface area contributed by atoms with Crippen molar-refractivity contribution in [1.29, 1.82) is 0 Å². The van der Waals surface area contributed by atoms with E-state index in [1.165, 1.54) is 4.90 Å². The summed E-state index contributed by atoms with van der Waals surface area (Å²) in [7, 11) is 1.58. The van der Waals surface area contributed by atoms with E-state index in [4.69, 9.17) is 32.7 Å². The summed E-state index contributed by atoms with van der Waals surface area (Å²) in [5.41, 5.74) is 4.98. The van der Waals surface area contributed by atoms with Gasteiger partial charge in [0.25, 0.3) is 5.91 Å². The summed E-state index contributed by atoms with van der Waals surface area (Å²) in [4.78, 5) is 28.2. The Hall–Kier alpha value is -3.48. The number of nitrogens with zero attached hydrogens (tertiary/aromatic N) is 2. The minimum absolute atomic E-state index is 0.198. The van der Waals surface area contributed by atoms with E-state index in [-0.39, 0.29) is 23.7 Å². The molecule has 0 unspecified atom stereocenters. The average Bonchev–Trinajstić information content (AvgIpc) is 3.25. The highest BCUT2D eigenvalue weighted by molar-refractivity contribution is 6.35. The third-order valence-electron chi connectivity index (χ3n) is 6.13. The van der Waals surface area contributed by atoms with Gasteiger partial charge in [-0.15, -0.1) is 0 Å². The molecule has 6 nitrogen and oxygen atoms in total. The lowest BCUT2D eigenvalue weighted by Crippen LogP contribution is -2.24. The Balaban J connectivity index is 1.84. The number of carbonyl (C=O) groups is 2. The monoisotopic (exact) mass is 524 g/mol. The molecule has 0 bridgehead atoms. The van der Waals surface area contributed by atoms with E-state index in [9.17, 15) is 9.59 Å². The normalized spacial score (nSPS) is 14.7. The fourth-order valence-corrected chi connectivity index (χ4v) is 4.94. The molecule has 3 aromatic rings. The Morgan fingerprint density at radius 2 is 1.72 bits per heavy atom. The number of halogens is 2. The van der Waals surface area contributed by atoms with Crippen LogP contribution < -0.4 is 9.64 Å². The molecular formula is C28H26Cl2N2O4. The molecule has 2 aromatic carbocycles. The van der Waals surface area contributed by atoms with Crippen molar-refractivity contribution in [3.05, 3.63) is 92.4 Å². The maximum absolute atomic E-state index is 13.7. The molecule has 1 aliphatic heterocycles. The van der Waals surface area contributed by atoms with E-state index in [1.807, 2.05) is 30.5 Å². The zero-order valence-electron chi connectivity index (χ0n) is 20.7. The summed E-state index contributed by atoms with van der Waals surface area (Å²) in [5, 5.41) is 1.05. The predicted octanol–water partition coefficient (Wildman–Crippen LogP) is 6.68. The van der Waals surface area contributed by atoms with Gasteiger partial charge in [-0.05, 0) is 87.9 Å². The second kappa shape index (κ2) is 10.2. The molecule has 0 saturated heterocycles. The van der Waals surface area contributed by atoms with Crippen LogP contribution in [0.15, 0.2) is 65.4 Å². The van der Waals surface area contributed by atoms with E-state index in [0.29, 0.717) is 27.2 Å². The largest absolute Gasteiger partial charge is 0.497 e. The van der Waals surface area contributed by atoms with Crippen LogP contribution in [0, 0.1) is 13.8 Å². The molecule has 0 N–H and O–H groups in total. The second-order valence-corrected chi connectivity index (χ2v) is 9.18. The van der Waals surface area contributed by atoms with Crippen LogP contribution in [-0.4, -0.2) is 30.2 Å². The molecule has 4 rings (SSSR count). The number of aryl methyl sites for hydroxylation is 1. The van der Waals surface area contributed by atoms with Gasteiger partial charge in [0.1, 0.15) is 5.75 Å². The number of ether oxygens (including phenoxy) is 2. The molecule has 36 heavy (non-hydrogen) atoms. The van der Waals surface area contributed by atoms with Crippen molar-refractivity contribution in [2.45, 2.75) is 27.7 Å². The van der Waals surface area contributed by atoms with Crippen LogP contribution in [0.4, 0.5) is 5.69 Å². The summed E-state index contributed by atoms with van der Waals surface area (Å²) in [5.74, 6) is -0.183. The number of esters is 1. The molecule has 0 fully saturated rings. The number of hydrogen-bond donors (Lipinski definition) is 0. The third kappa shape index (κ3) is 4.54. The molecule has 0 spiro atoms. The fraction of sp³-hybridized carbons (Fsp3) is 0.214. The molecule has 1 aromatic heterocycles. The molecule has 0 atom stereocenters. The Bertz CT molecular complexity index is 1420. The molecule has 186 valence electrons. The lowest BCUT2D eigenvalue weighted by molar-refractivity contribution is -0.138. The van der Waals surface area contributed by atoms with Gasteiger partial charge in [0, 0.05) is 27.8 Å². The Morgan fingerprint density at radius 1 is 1.03 bits per heavy atom. The van der Waals surface area contributed by atoms with Gasteiger partial charge in [0.05, 0.1) is 35.6 Å². The quantitative estimate of drug-likeness (QED) is 0.266. The van der Waals surface area contributed by atoms with E-state index < -0.39 is 5.97 Å². The first-order valence-corrected chi connectivity index (χ1v) is 12.2. The zero-order chi connectivity index (χ0) is 26.1. The van der Waals surface area contributed by atoms with Gasteiger partial charge in [-0.3, -0.25) is 9.69 Å². The van der Waals surface area contributed by atoms with Gasteiger partial charge in [0.2, 0.25) is 0 Å². The first kappa shape index (κ1) is 25.6. The highest BCUT2D eigenvalue weighted by atomic mass is 35.5. The summed E-state index contributed by atoms with van der Waals surface area (Å²) < 4.78 is 12.5. The van der Waals surface area contributed by atoms with Crippen LogP contribution >= 0.6 is 23.2 Å². The van der Waals surface area contributed by atoms with Crippen LogP contribution in [0.25, 0.3) is 11.8 Å². The van der Waals surface area contributed by atoms with Crippen molar-refractivity contribution >= 4 is 46.8 Å². The molecule has 1 amide bonds. The maximum atomic E-state index is 13.7. The number of allylic oxidation sites excluding steroid dienone is 1. The Labute approximate surface area is 220 Å². The van der Waals surface area contributed by atoms with Gasteiger partial charge in [-0.1, -0.05) is 23.2 Å². The molecule has 0 radical (unpaired) electrons.